The fourth-order valence-corrected chi connectivity index (χ4v) is 2.92. The Morgan fingerprint density at radius 3 is 2.62 bits per heavy atom. The molecule has 2 atom stereocenters. The molecule has 0 aromatic carbocycles. The number of carbonyl (C=O) groups is 1. The van der Waals surface area contributed by atoms with Crippen molar-refractivity contribution in [3.63, 3.8) is 0 Å². The van der Waals surface area contributed by atoms with Gasteiger partial charge in [0.1, 0.15) is 5.69 Å². The molecular formula is C12H18N2O2. The van der Waals surface area contributed by atoms with Crippen LogP contribution in [0.4, 0.5) is 0 Å². The molecule has 0 radical (unpaired) electrons. The van der Waals surface area contributed by atoms with Gasteiger partial charge in [-0.25, -0.2) is 9.78 Å². The number of carboxylic acid groups (broad SMARTS) is 1. The van der Waals surface area contributed by atoms with Crippen LogP contribution >= 0.6 is 0 Å². The van der Waals surface area contributed by atoms with Gasteiger partial charge in [-0.05, 0) is 24.7 Å². The molecule has 0 amide bonds. The first-order chi connectivity index (χ1) is 7.61. The topological polar surface area (TPSA) is 55.1 Å². The zero-order valence-electron chi connectivity index (χ0n) is 9.76. The summed E-state index contributed by atoms with van der Waals surface area (Å²) in [5, 5.41) is 9.10. The zero-order valence-corrected chi connectivity index (χ0v) is 9.76. The van der Waals surface area contributed by atoms with E-state index in [2.05, 4.69) is 18.8 Å². The number of rotatable bonds is 2. The minimum atomic E-state index is -0.887. The first kappa shape index (κ1) is 11.2. The van der Waals surface area contributed by atoms with E-state index in [1.54, 1.807) is 6.33 Å². The van der Waals surface area contributed by atoms with Gasteiger partial charge in [0.2, 0.25) is 0 Å². The van der Waals surface area contributed by atoms with Gasteiger partial charge >= 0.3 is 5.97 Å². The minimum absolute atomic E-state index is 0.280. The molecule has 1 aromatic heterocycles. The lowest BCUT2D eigenvalue weighted by atomic mass is 9.78. The summed E-state index contributed by atoms with van der Waals surface area (Å²) in [6.45, 7) is 4.40. The molecule has 2 unspecified atom stereocenters. The van der Waals surface area contributed by atoms with Crippen LogP contribution in [0.2, 0.25) is 0 Å². The lowest BCUT2D eigenvalue weighted by Crippen LogP contribution is -2.29. The molecule has 1 N–H and O–H groups in total. The van der Waals surface area contributed by atoms with Crippen molar-refractivity contribution in [2.75, 3.05) is 0 Å². The van der Waals surface area contributed by atoms with Crippen LogP contribution < -0.4 is 0 Å². The highest BCUT2D eigenvalue weighted by atomic mass is 16.4. The SMILES string of the molecule is CC1CCCC(C)C1n1cncc1C(=O)O. The molecule has 1 aliphatic carbocycles. The van der Waals surface area contributed by atoms with E-state index in [-0.39, 0.29) is 6.04 Å². The Bertz CT molecular complexity index is 376. The molecule has 1 heterocycles. The van der Waals surface area contributed by atoms with E-state index in [1.807, 2.05) is 4.57 Å². The Labute approximate surface area is 95.3 Å². The van der Waals surface area contributed by atoms with Crippen molar-refractivity contribution in [2.45, 2.75) is 39.2 Å². The number of hydrogen-bond acceptors (Lipinski definition) is 2. The van der Waals surface area contributed by atoms with Crippen molar-refractivity contribution in [3.8, 4) is 0 Å². The maximum Gasteiger partial charge on any atom is 0.354 e. The fraction of sp³-hybridized carbons (Fsp3) is 0.667. The predicted octanol–water partition coefficient (Wildman–Crippen LogP) is 2.58. The van der Waals surface area contributed by atoms with Gasteiger partial charge < -0.3 is 9.67 Å². The highest BCUT2D eigenvalue weighted by Gasteiger charge is 2.31. The predicted molar refractivity (Wildman–Crippen MR) is 60.4 cm³/mol. The fourth-order valence-electron chi connectivity index (χ4n) is 2.92. The summed E-state index contributed by atoms with van der Waals surface area (Å²) in [4.78, 5) is 15.0. The number of imidazole rings is 1. The van der Waals surface area contributed by atoms with Crippen LogP contribution in [-0.4, -0.2) is 20.6 Å². The van der Waals surface area contributed by atoms with E-state index in [1.165, 1.54) is 25.5 Å². The monoisotopic (exact) mass is 222 g/mol. The smallest absolute Gasteiger partial charge is 0.354 e. The van der Waals surface area contributed by atoms with E-state index < -0.39 is 5.97 Å². The number of carboxylic acids is 1. The van der Waals surface area contributed by atoms with Gasteiger partial charge in [-0.2, -0.15) is 0 Å². The van der Waals surface area contributed by atoms with E-state index in [4.69, 9.17) is 5.11 Å². The van der Waals surface area contributed by atoms with Gasteiger partial charge in [-0.3, -0.25) is 0 Å². The van der Waals surface area contributed by atoms with E-state index in [9.17, 15) is 4.79 Å². The summed E-state index contributed by atoms with van der Waals surface area (Å²) in [7, 11) is 0. The van der Waals surface area contributed by atoms with Gasteiger partial charge in [-0.15, -0.1) is 0 Å². The second kappa shape index (κ2) is 4.28. The van der Waals surface area contributed by atoms with Crippen LogP contribution in [0.3, 0.4) is 0 Å². The van der Waals surface area contributed by atoms with Crippen LogP contribution in [-0.2, 0) is 0 Å². The Kier molecular flexibility index (Phi) is 2.99. The summed E-state index contributed by atoms with van der Waals surface area (Å²) in [5.41, 5.74) is 0.311. The van der Waals surface area contributed by atoms with Gasteiger partial charge in [-0.1, -0.05) is 20.3 Å². The molecule has 2 rings (SSSR count). The van der Waals surface area contributed by atoms with Gasteiger partial charge in [0, 0.05) is 6.04 Å². The molecule has 1 fully saturated rings. The van der Waals surface area contributed by atoms with Gasteiger partial charge in [0.05, 0.1) is 12.5 Å². The first-order valence-corrected chi connectivity index (χ1v) is 5.86. The molecule has 4 nitrogen and oxygen atoms in total. The molecule has 1 aromatic rings. The van der Waals surface area contributed by atoms with E-state index in [0.717, 1.165) is 0 Å². The first-order valence-electron chi connectivity index (χ1n) is 5.86. The third kappa shape index (κ3) is 1.84. The molecule has 0 spiro atoms. The molecular weight excluding hydrogens is 204 g/mol. The van der Waals surface area contributed by atoms with Crippen molar-refractivity contribution < 1.29 is 9.90 Å². The Morgan fingerprint density at radius 1 is 1.44 bits per heavy atom. The number of aromatic nitrogens is 2. The summed E-state index contributed by atoms with van der Waals surface area (Å²) in [6.07, 6.45) is 6.69. The maximum atomic E-state index is 11.1. The van der Waals surface area contributed by atoms with Gasteiger partial charge in [0.25, 0.3) is 0 Å². The van der Waals surface area contributed by atoms with Crippen molar-refractivity contribution in [1.29, 1.82) is 0 Å². The third-order valence-electron chi connectivity index (χ3n) is 3.69. The zero-order chi connectivity index (χ0) is 11.7. The second-order valence-electron chi connectivity index (χ2n) is 4.87. The summed E-state index contributed by atoms with van der Waals surface area (Å²) >= 11 is 0. The van der Waals surface area contributed by atoms with Crippen molar-refractivity contribution in [3.05, 3.63) is 18.2 Å². The Morgan fingerprint density at radius 2 is 2.06 bits per heavy atom. The van der Waals surface area contributed by atoms with Gasteiger partial charge in [0.15, 0.2) is 0 Å². The average molecular weight is 222 g/mol. The van der Waals surface area contributed by atoms with Crippen molar-refractivity contribution in [1.82, 2.24) is 9.55 Å². The average Bonchev–Trinajstić information content (AvgIpc) is 2.66. The van der Waals surface area contributed by atoms with E-state index in [0.29, 0.717) is 17.5 Å². The molecule has 4 heteroatoms. The molecule has 0 saturated heterocycles. The lowest BCUT2D eigenvalue weighted by molar-refractivity contribution is 0.0672. The molecule has 1 saturated carbocycles. The molecule has 16 heavy (non-hydrogen) atoms. The Balaban J connectivity index is 2.34. The summed E-state index contributed by atoms with van der Waals surface area (Å²) in [6, 6.07) is 0.280. The maximum absolute atomic E-state index is 11.1. The van der Waals surface area contributed by atoms with E-state index >= 15 is 0 Å². The Hall–Kier alpha value is -1.32. The molecule has 0 aliphatic heterocycles. The number of nitrogens with zero attached hydrogens (tertiary/aromatic N) is 2. The van der Waals surface area contributed by atoms with Crippen LogP contribution in [0.1, 0.15) is 49.6 Å². The van der Waals surface area contributed by atoms with Crippen molar-refractivity contribution in [2.24, 2.45) is 11.8 Å². The summed E-state index contributed by atoms with van der Waals surface area (Å²) < 4.78 is 1.84. The highest BCUT2D eigenvalue weighted by Crippen LogP contribution is 2.38. The number of hydrogen-bond donors (Lipinski definition) is 1. The van der Waals surface area contributed by atoms with Crippen LogP contribution in [0.25, 0.3) is 0 Å². The van der Waals surface area contributed by atoms with Crippen LogP contribution in [0, 0.1) is 11.8 Å². The number of aromatic carboxylic acids is 1. The normalized spacial score (nSPS) is 30.2. The third-order valence-corrected chi connectivity index (χ3v) is 3.69. The van der Waals surface area contributed by atoms with Crippen molar-refractivity contribution >= 4 is 5.97 Å². The summed E-state index contributed by atoms with van der Waals surface area (Å²) in [5.74, 6) is 0.162. The molecule has 1 aliphatic rings. The lowest BCUT2D eigenvalue weighted by Gasteiger charge is -2.36. The highest BCUT2D eigenvalue weighted by molar-refractivity contribution is 5.85. The quantitative estimate of drug-likeness (QED) is 0.836. The van der Waals surface area contributed by atoms with Crippen LogP contribution in [0.15, 0.2) is 12.5 Å². The standard InChI is InChI=1S/C12H18N2O2/c1-8-4-3-5-9(2)11(8)14-7-13-6-10(14)12(15)16/h6-9,11H,3-5H2,1-2H3,(H,15,16). The molecule has 0 bridgehead atoms. The minimum Gasteiger partial charge on any atom is -0.477 e. The largest absolute Gasteiger partial charge is 0.477 e. The molecule has 88 valence electrons. The van der Waals surface area contributed by atoms with Crippen LogP contribution in [0.5, 0.6) is 0 Å². The second-order valence-corrected chi connectivity index (χ2v) is 4.87.